The average molecular weight is 343 g/mol. The molecule has 3 rings (SSSR count). The van der Waals surface area contributed by atoms with Gasteiger partial charge in [0.15, 0.2) is 0 Å². The number of carbonyl (C=O) groups excluding carboxylic acids is 1. The van der Waals surface area contributed by atoms with Crippen LogP contribution in [0.3, 0.4) is 0 Å². The summed E-state index contributed by atoms with van der Waals surface area (Å²) in [7, 11) is 0. The van der Waals surface area contributed by atoms with Crippen LogP contribution >= 0.6 is 0 Å². The Kier molecular flexibility index (Phi) is 4.95. The van der Waals surface area contributed by atoms with Gasteiger partial charge in [0.2, 0.25) is 0 Å². The monoisotopic (exact) mass is 343 g/mol. The summed E-state index contributed by atoms with van der Waals surface area (Å²) in [5, 5.41) is 11.8. The number of amides is 1. The summed E-state index contributed by atoms with van der Waals surface area (Å²) in [5.41, 5.74) is 3.12. The molecule has 128 valence electrons. The van der Waals surface area contributed by atoms with Crippen molar-refractivity contribution in [2.45, 2.75) is 13.5 Å². The zero-order chi connectivity index (χ0) is 18.5. The number of aromatic nitrogens is 1. The molecule has 0 atom stereocenters. The number of aryl methyl sites for hydroxylation is 1. The SMILES string of the molecule is Cc1ccc(Cn2cc(C(=O)Nc3ccccc3C#N)ccc2=O)cc1. The van der Waals surface area contributed by atoms with Crippen LogP contribution in [0.5, 0.6) is 0 Å². The van der Waals surface area contributed by atoms with Crippen LogP contribution < -0.4 is 10.9 Å². The van der Waals surface area contributed by atoms with Gasteiger partial charge in [-0.3, -0.25) is 9.59 Å². The first-order chi connectivity index (χ1) is 12.6. The number of carbonyl (C=O) groups is 1. The Bertz CT molecular complexity index is 1040. The second kappa shape index (κ2) is 7.49. The van der Waals surface area contributed by atoms with E-state index < -0.39 is 0 Å². The van der Waals surface area contributed by atoms with Gasteiger partial charge in [0.1, 0.15) is 6.07 Å². The molecule has 0 unspecified atom stereocenters. The van der Waals surface area contributed by atoms with E-state index >= 15 is 0 Å². The van der Waals surface area contributed by atoms with E-state index in [4.69, 9.17) is 5.26 Å². The molecular formula is C21H17N3O2. The minimum Gasteiger partial charge on any atom is -0.321 e. The molecule has 0 bridgehead atoms. The van der Waals surface area contributed by atoms with Gasteiger partial charge >= 0.3 is 0 Å². The molecule has 0 aliphatic heterocycles. The number of nitrogens with zero attached hydrogens (tertiary/aromatic N) is 2. The largest absolute Gasteiger partial charge is 0.321 e. The molecule has 3 aromatic rings. The number of anilines is 1. The minimum absolute atomic E-state index is 0.181. The summed E-state index contributed by atoms with van der Waals surface area (Å²) >= 11 is 0. The van der Waals surface area contributed by atoms with E-state index in [9.17, 15) is 9.59 Å². The van der Waals surface area contributed by atoms with E-state index in [1.165, 1.54) is 22.9 Å². The van der Waals surface area contributed by atoms with Crippen LogP contribution in [0.1, 0.15) is 27.0 Å². The highest BCUT2D eigenvalue weighted by atomic mass is 16.2. The normalized spacial score (nSPS) is 10.2. The van der Waals surface area contributed by atoms with Crippen molar-refractivity contribution in [3.8, 4) is 6.07 Å². The topological polar surface area (TPSA) is 74.9 Å². The highest BCUT2D eigenvalue weighted by Crippen LogP contribution is 2.15. The lowest BCUT2D eigenvalue weighted by Crippen LogP contribution is -2.22. The molecule has 2 aromatic carbocycles. The van der Waals surface area contributed by atoms with Gasteiger partial charge in [-0.15, -0.1) is 0 Å². The number of nitrogens with one attached hydrogen (secondary N) is 1. The maximum absolute atomic E-state index is 12.5. The Morgan fingerprint density at radius 2 is 1.81 bits per heavy atom. The predicted molar refractivity (Wildman–Crippen MR) is 100 cm³/mol. The number of rotatable bonds is 4. The molecule has 0 saturated heterocycles. The molecule has 26 heavy (non-hydrogen) atoms. The third kappa shape index (κ3) is 3.87. The van der Waals surface area contributed by atoms with Crippen molar-refractivity contribution in [1.29, 1.82) is 5.26 Å². The van der Waals surface area contributed by atoms with Crippen LogP contribution in [-0.4, -0.2) is 10.5 Å². The number of benzene rings is 2. The zero-order valence-corrected chi connectivity index (χ0v) is 14.3. The van der Waals surface area contributed by atoms with Crippen molar-refractivity contribution in [3.05, 3.63) is 99.5 Å². The van der Waals surface area contributed by atoms with Crippen LogP contribution in [-0.2, 0) is 6.54 Å². The van der Waals surface area contributed by atoms with Gasteiger partial charge in [-0.1, -0.05) is 42.0 Å². The first-order valence-corrected chi connectivity index (χ1v) is 8.13. The number of nitriles is 1. The quantitative estimate of drug-likeness (QED) is 0.789. The van der Waals surface area contributed by atoms with Gasteiger partial charge < -0.3 is 9.88 Å². The van der Waals surface area contributed by atoms with Crippen LogP contribution in [0.4, 0.5) is 5.69 Å². The van der Waals surface area contributed by atoms with Crippen LogP contribution in [0.2, 0.25) is 0 Å². The molecule has 1 amide bonds. The van der Waals surface area contributed by atoms with Gasteiger partial charge in [-0.05, 0) is 30.7 Å². The second-order valence-corrected chi connectivity index (χ2v) is 5.98. The summed E-state index contributed by atoms with van der Waals surface area (Å²) in [6.45, 7) is 2.38. The third-order valence-corrected chi connectivity index (χ3v) is 4.01. The van der Waals surface area contributed by atoms with E-state index in [1.54, 1.807) is 24.3 Å². The lowest BCUT2D eigenvalue weighted by molar-refractivity contribution is 0.102. The lowest BCUT2D eigenvalue weighted by atomic mass is 10.1. The molecular weight excluding hydrogens is 326 g/mol. The molecule has 0 aliphatic carbocycles. The third-order valence-electron chi connectivity index (χ3n) is 4.01. The minimum atomic E-state index is -0.370. The standard InChI is InChI=1S/C21H17N3O2/c1-15-6-8-16(9-7-15)13-24-14-18(10-11-20(24)25)21(26)23-19-5-3-2-4-17(19)12-22/h2-11,14H,13H2,1H3,(H,23,26). The molecule has 0 saturated carbocycles. The Balaban J connectivity index is 1.84. The first kappa shape index (κ1) is 17.2. The lowest BCUT2D eigenvalue weighted by Gasteiger charge is -2.10. The molecule has 5 nitrogen and oxygen atoms in total. The van der Waals surface area contributed by atoms with Crippen molar-refractivity contribution >= 4 is 11.6 Å². The van der Waals surface area contributed by atoms with Crippen LogP contribution in [0.25, 0.3) is 0 Å². The van der Waals surface area contributed by atoms with Crippen molar-refractivity contribution in [2.75, 3.05) is 5.32 Å². The fourth-order valence-electron chi connectivity index (χ4n) is 2.56. The second-order valence-electron chi connectivity index (χ2n) is 5.98. The van der Waals surface area contributed by atoms with E-state index in [2.05, 4.69) is 5.32 Å². The maximum Gasteiger partial charge on any atom is 0.257 e. The molecule has 0 aliphatic rings. The van der Waals surface area contributed by atoms with E-state index in [1.807, 2.05) is 37.3 Å². The summed E-state index contributed by atoms with van der Waals surface area (Å²) in [6, 6.07) is 19.5. The molecule has 0 radical (unpaired) electrons. The van der Waals surface area contributed by atoms with Gasteiger partial charge in [0.25, 0.3) is 11.5 Å². The summed E-state index contributed by atoms with van der Waals surface area (Å²) in [4.78, 5) is 24.6. The Morgan fingerprint density at radius 3 is 2.54 bits per heavy atom. The van der Waals surface area contributed by atoms with E-state index in [-0.39, 0.29) is 11.5 Å². The number of para-hydroxylation sites is 1. The summed E-state index contributed by atoms with van der Waals surface area (Å²) < 4.78 is 1.50. The van der Waals surface area contributed by atoms with Crippen molar-refractivity contribution in [1.82, 2.24) is 4.57 Å². The van der Waals surface area contributed by atoms with Crippen LogP contribution in [0.15, 0.2) is 71.7 Å². The Hall–Kier alpha value is -3.65. The van der Waals surface area contributed by atoms with Gasteiger partial charge in [-0.2, -0.15) is 5.26 Å². The fourth-order valence-corrected chi connectivity index (χ4v) is 2.56. The predicted octanol–water partition coefficient (Wildman–Crippen LogP) is 3.33. The highest BCUT2D eigenvalue weighted by Gasteiger charge is 2.10. The first-order valence-electron chi connectivity index (χ1n) is 8.13. The number of hydrogen-bond acceptors (Lipinski definition) is 3. The molecule has 1 heterocycles. The number of pyridine rings is 1. The Morgan fingerprint density at radius 1 is 1.08 bits per heavy atom. The molecule has 0 spiro atoms. The average Bonchev–Trinajstić information content (AvgIpc) is 2.65. The molecule has 0 fully saturated rings. The van der Waals surface area contributed by atoms with Gasteiger partial charge in [-0.25, -0.2) is 0 Å². The smallest absolute Gasteiger partial charge is 0.257 e. The Labute approximate surface area is 151 Å². The summed E-state index contributed by atoms with van der Waals surface area (Å²) in [6.07, 6.45) is 1.53. The molecule has 5 heteroatoms. The number of hydrogen-bond donors (Lipinski definition) is 1. The molecule has 1 aromatic heterocycles. The van der Waals surface area contributed by atoms with Crippen LogP contribution in [0, 0.1) is 18.3 Å². The fraction of sp³-hybridized carbons (Fsp3) is 0.0952. The van der Waals surface area contributed by atoms with Crippen molar-refractivity contribution in [2.24, 2.45) is 0 Å². The van der Waals surface area contributed by atoms with Crippen molar-refractivity contribution < 1.29 is 4.79 Å². The van der Waals surface area contributed by atoms with Gasteiger partial charge in [0.05, 0.1) is 23.4 Å². The highest BCUT2D eigenvalue weighted by molar-refractivity contribution is 6.04. The van der Waals surface area contributed by atoms with E-state index in [0.717, 1.165) is 11.1 Å². The molecule has 1 N–H and O–H groups in total. The van der Waals surface area contributed by atoms with Crippen molar-refractivity contribution in [3.63, 3.8) is 0 Å². The van der Waals surface area contributed by atoms with E-state index in [0.29, 0.717) is 23.4 Å². The summed E-state index contributed by atoms with van der Waals surface area (Å²) in [5.74, 6) is -0.370. The van der Waals surface area contributed by atoms with Gasteiger partial charge in [0, 0.05) is 12.3 Å². The zero-order valence-electron chi connectivity index (χ0n) is 14.3. The maximum atomic E-state index is 12.5.